The molecule has 1 N–H and O–H groups in total. The van der Waals surface area contributed by atoms with Gasteiger partial charge in [0.15, 0.2) is 5.17 Å². The SMILES string of the molecule is CC(C)CC(C)N=C1NC2(CCCC2)CS1. The number of amidine groups is 1. The summed E-state index contributed by atoms with van der Waals surface area (Å²) in [7, 11) is 0. The molecule has 1 aliphatic carbocycles. The molecule has 0 aromatic heterocycles. The van der Waals surface area contributed by atoms with E-state index in [1.165, 1.54) is 43.0 Å². The van der Waals surface area contributed by atoms with E-state index in [0.29, 0.717) is 11.6 Å². The maximum atomic E-state index is 4.80. The van der Waals surface area contributed by atoms with Gasteiger partial charge in [-0.25, -0.2) is 0 Å². The molecule has 3 heteroatoms. The van der Waals surface area contributed by atoms with Gasteiger partial charge in [-0.15, -0.1) is 0 Å². The van der Waals surface area contributed by atoms with Crippen LogP contribution in [0.15, 0.2) is 4.99 Å². The standard InChI is InChI=1S/C13H24N2S/c1-10(2)8-11(3)14-12-15-13(9-16-12)6-4-5-7-13/h10-11H,4-9H2,1-3H3,(H,14,15). The number of aliphatic imine (C=N–C) groups is 1. The first-order valence-electron chi connectivity index (χ1n) is 6.58. The average Bonchev–Trinajstić information content (AvgIpc) is 2.76. The van der Waals surface area contributed by atoms with Crippen LogP contribution >= 0.6 is 11.8 Å². The number of nitrogens with one attached hydrogen (secondary N) is 1. The van der Waals surface area contributed by atoms with E-state index in [1.54, 1.807) is 0 Å². The zero-order valence-corrected chi connectivity index (χ0v) is 11.6. The predicted molar refractivity (Wildman–Crippen MR) is 73.1 cm³/mol. The summed E-state index contributed by atoms with van der Waals surface area (Å²) in [5.41, 5.74) is 0.418. The summed E-state index contributed by atoms with van der Waals surface area (Å²) in [6.07, 6.45) is 6.67. The highest BCUT2D eigenvalue weighted by atomic mass is 32.2. The summed E-state index contributed by atoms with van der Waals surface area (Å²) in [5.74, 6) is 1.98. The highest BCUT2D eigenvalue weighted by Gasteiger charge is 2.39. The third-order valence-electron chi connectivity index (χ3n) is 3.57. The maximum Gasteiger partial charge on any atom is 0.157 e. The lowest BCUT2D eigenvalue weighted by Crippen LogP contribution is -2.40. The van der Waals surface area contributed by atoms with Crippen LogP contribution in [-0.2, 0) is 0 Å². The predicted octanol–water partition coefficient (Wildman–Crippen LogP) is 3.43. The van der Waals surface area contributed by atoms with Crippen molar-refractivity contribution in [3.8, 4) is 0 Å². The summed E-state index contributed by atoms with van der Waals surface area (Å²) in [5, 5.41) is 4.89. The molecule has 2 aliphatic rings. The van der Waals surface area contributed by atoms with Gasteiger partial charge in [0.25, 0.3) is 0 Å². The van der Waals surface area contributed by atoms with Gasteiger partial charge in [-0.05, 0) is 32.1 Å². The van der Waals surface area contributed by atoms with Crippen molar-refractivity contribution in [2.75, 3.05) is 5.75 Å². The number of rotatable bonds is 3. The van der Waals surface area contributed by atoms with Crippen LogP contribution in [0.25, 0.3) is 0 Å². The molecule has 1 saturated carbocycles. The van der Waals surface area contributed by atoms with E-state index < -0.39 is 0 Å². The fraction of sp³-hybridized carbons (Fsp3) is 0.923. The molecule has 2 rings (SSSR count). The molecule has 0 bridgehead atoms. The van der Waals surface area contributed by atoms with Gasteiger partial charge in [-0.2, -0.15) is 0 Å². The third kappa shape index (κ3) is 2.93. The first-order chi connectivity index (χ1) is 7.60. The first-order valence-corrected chi connectivity index (χ1v) is 7.57. The lowest BCUT2D eigenvalue weighted by molar-refractivity contribution is 0.450. The van der Waals surface area contributed by atoms with Crippen molar-refractivity contribution in [3.05, 3.63) is 0 Å². The van der Waals surface area contributed by atoms with Gasteiger partial charge in [-0.1, -0.05) is 38.5 Å². The van der Waals surface area contributed by atoms with E-state index in [0.717, 1.165) is 5.92 Å². The number of hydrogen-bond acceptors (Lipinski definition) is 2. The van der Waals surface area contributed by atoms with Crippen molar-refractivity contribution in [3.63, 3.8) is 0 Å². The topological polar surface area (TPSA) is 24.4 Å². The Bertz CT molecular complexity index is 267. The summed E-state index contributed by atoms with van der Waals surface area (Å²) < 4.78 is 0. The van der Waals surface area contributed by atoms with Crippen LogP contribution in [0, 0.1) is 5.92 Å². The summed E-state index contributed by atoms with van der Waals surface area (Å²) >= 11 is 1.93. The summed E-state index contributed by atoms with van der Waals surface area (Å²) in [4.78, 5) is 4.80. The summed E-state index contributed by atoms with van der Waals surface area (Å²) in [6, 6.07) is 0.464. The lowest BCUT2D eigenvalue weighted by Gasteiger charge is -2.22. The molecule has 92 valence electrons. The van der Waals surface area contributed by atoms with E-state index >= 15 is 0 Å². The lowest BCUT2D eigenvalue weighted by atomic mass is 10.0. The smallest absolute Gasteiger partial charge is 0.157 e. The van der Waals surface area contributed by atoms with Crippen molar-refractivity contribution in [1.29, 1.82) is 0 Å². The minimum absolute atomic E-state index is 0.418. The molecule has 1 unspecified atom stereocenters. The van der Waals surface area contributed by atoms with Crippen molar-refractivity contribution in [1.82, 2.24) is 5.32 Å². The highest BCUT2D eigenvalue weighted by molar-refractivity contribution is 8.14. The van der Waals surface area contributed by atoms with Gasteiger partial charge in [0.2, 0.25) is 0 Å². The molecule has 0 aromatic carbocycles. The normalized spacial score (nSPS) is 27.9. The molecule has 2 nitrogen and oxygen atoms in total. The molecule has 16 heavy (non-hydrogen) atoms. The molecule has 1 heterocycles. The Morgan fingerprint density at radius 2 is 2.00 bits per heavy atom. The van der Waals surface area contributed by atoms with Crippen molar-refractivity contribution < 1.29 is 0 Å². The van der Waals surface area contributed by atoms with Crippen LogP contribution in [0.2, 0.25) is 0 Å². The molecule has 0 aromatic rings. The Balaban J connectivity index is 1.89. The Morgan fingerprint density at radius 3 is 2.62 bits per heavy atom. The molecule has 0 amide bonds. The van der Waals surface area contributed by atoms with E-state index in [4.69, 9.17) is 4.99 Å². The van der Waals surface area contributed by atoms with Gasteiger partial charge in [-0.3, -0.25) is 4.99 Å². The Kier molecular flexibility index (Phi) is 3.83. The molecule has 0 radical (unpaired) electrons. The van der Waals surface area contributed by atoms with Crippen LogP contribution in [0.5, 0.6) is 0 Å². The zero-order valence-electron chi connectivity index (χ0n) is 10.8. The largest absolute Gasteiger partial charge is 0.359 e. The Morgan fingerprint density at radius 1 is 1.31 bits per heavy atom. The summed E-state index contributed by atoms with van der Waals surface area (Å²) in [6.45, 7) is 6.77. The fourth-order valence-electron chi connectivity index (χ4n) is 2.83. The van der Waals surface area contributed by atoms with E-state index in [1.807, 2.05) is 11.8 Å². The molecule has 2 fully saturated rings. The second-order valence-electron chi connectivity index (χ2n) is 5.81. The van der Waals surface area contributed by atoms with Crippen LogP contribution in [0.1, 0.15) is 52.9 Å². The Hall–Kier alpha value is -0.180. The van der Waals surface area contributed by atoms with E-state index in [2.05, 4.69) is 26.1 Å². The first kappa shape index (κ1) is 12.3. The van der Waals surface area contributed by atoms with Crippen LogP contribution in [0.4, 0.5) is 0 Å². The van der Waals surface area contributed by atoms with Gasteiger partial charge < -0.3 is 5.32 Å². The van der Waals surface area contributed by atoms with Gasteiger partial charge >= 0.3 is 0 Å². The van der Waals surface area contributed by atoms with Gasteiger partial charge in [0, 0.05) is 11.3 Å². The fourth-order valence-corrected chi connectivity index (χ4v) is 4.15. The Labute approximate surface area is 104 Å². The van der Waals surface area contributed by atoms with Crippen molar-refractivity contribution >= 4 is 16.9 Å². The molecular formula is C13H24N2S. The van der Waals surface area contributed by atoms with E-state index in [9.17, 15) is 0 Å². The molecule has 1 aliphatic heterocycles. The second-order valence-corrected chi connectivity index (χ2v) is 6.78. The zero-order chi connectivity index (χ0) is 11.6. The second kappa shape index (κ2) is 4.99. The quantitative estimate of drug-likeness (QED) is 0.817. The van der Waals surface area contributed by atoms with Crippen LogP contribution < -0.4 is 5.32 Å². The number of thioether (sulfide) groups is 1. The average molecular weight is 240 g/mol. The molecule has 1 spiro atoms. The maximum absolute atomic E-state index is 4.80. The third-order valence-corrected chi connectivity index (χ3v) is 4.75. The van der Waals surface area contributed by atoms with Gasteiger partial charge in [0.1, 0.15) is 0 Å². The van der Waals surface area contributed by atoms with Crippen LogP contribution in [0.3, 0.4) is 0 Å². The minimum Gasteiger partial charge on any atom is -0.359 e. The number of hydrogen-bond donors (Lipinski definition) is 1. The van der Waals surface area contributed by atoms with Crippen molar-refractivity contribution in [2.45, 2.75) is 64.5 Å². The highest BCUT2D eigenvalue weighted by Crippen LogP contribution is 2.37. The van der Waals surface area contributed by atoms with Gasteiger partial charge in [0.05, 0.1) is 6.04 Å². The molecule has 1 saturated heterocycles. The minimum atomic E-state index is 0.418. The van der Waals surface area contributed by atoms with Crippen LogP contribution in [-0.4, -0.2) is 22.5 Å². The monoisotopic (exact) mass is 240 g/mol. The number of nitrogens with zero attached hydrogens (tertiary/aromatic N) is 1. The molecular weight excluding hydrogens is 216 g/mol. The van der Waals surface area contributed by atoms with Crippen molar-refractivity contribution in [2.24, 2.45) is 10.9 Å². The molecule has 1 atom stereocenters. The van der Waals surface area contributed by atoms with E-state index in [-0.39, 0.29) is 0 Å².